The summed E-state index contributed by atoms with van der Waals surface area (Å²) in [7, 11) is 3.91. The predicted molar refractivity (Wildman–Crippen MR) is 109 cm³/mol. The maximum Gasteiger partial charge on any atom is 0.234 e. The number of para-hydroxylation sites is 1. The van der Waals surface area contributed by atoms with Crippen molar-refractivity contribution in [3.63, 3.8) is 0 Å². The first-order valence-corrected chi connectivity index (χ1v) is 9.79. The summed E-state index contributed by atoms with van der Waals surface area (Å²) in [5.74, 6) is 0.468. The second kappa shape index (κ2) is 8.99. The standard InChI is InChI=1S/C20H22FN5OS/c1-14(25(2)3)19-23-24-20(26(19)17-11-9-15(21)10-12-17)28-13-18(27)22-16-7-5-4-6-8-16/h4-12,14H,13H2,1-3H3,(H,22,27)/t14-/m0/s1. The van der Waals surface area contributed by atoms with E-state index in [-0.39, 0.29) is 23.5 Å². The Balaban J connectivity index is 1.82. The van der Waals surface area contributed by atoms with E-state index in [0.717, 1.165) is 17.2 Å². The molecule has 1 amide bonds. The zero-order valence-electron chi connectivity index (χ0n) is 16.0. The summed E-state index contributed by atoms with van der Waals surface area (Å²) in [6.45, 7) is 2.01. The molecule has 0 radical (unpaired) electrons. The van der Waals surface area contributed by atoms with Crippen molar-refractivity contribution in [2.45, 2.75) is 18.1 Å². The quantitative estimate of drug-likeness (QED) is 0.613. The van der Waals surface area contributed by atoms with Gasteiger partial charge in [-0.1, -0.05) is 30.0 Å². The second-order valence-electron chi connectivity index (χ2n) is 6.50. The monoisotopic (exact) mass is 399 g/mol. The van der Waals surface area contributed by atoms with Crippen molar-refractivity contribution in [1.82, 2.24) is 19.7 Å². The minimum absolute atomic E-state index is 0.00921. The maximum absolute atomic E-state index is 13.4. The van der Waals surface area contributed by atoms with Crippen molar-refractivity contribution >= 4 is 23.4 Å². The first-order chi connectivity index (χ1) is 13.5. The molecule has 0 spiro atoms. The van der Waals surface area contributed by atoms with Gasteiger partial charge in [0, 0.05) is 11.4 Å². The average molecular weight is 399 g/mol. The fourth-order valence-electron chi connectivity index (χ4n) is 2.56. The van der Waals surface area contributed by atoms with E-state index in [1.165, 1.54) is 23.9 Å². The molecule has 28 heavy (non-hydrogen) atoms. The maximum atomic E-state index is 13.4. The van der Waals surface area contributed by atoms with E-state index in [1.54, 1.807) is 12.1 Å². The van der Waals surface area contributed by atoms with Gasteiger partial charge in [0.1, 0.15) is 5.82 Å². The van der Waals surface area contributed by atoms with Crippen LogP contribution in [0.4, 0.5) is 10.1 Å². The van der Waals surface area contributed by atoms with E-state index in [9.17, 15) is 9.18 Å². The van der Waals surface area contributed by atoms with Crippen LogP contribution < -0.4 is 5.32 Å². The second-order valence-corrected chi connectivity index (χ2v) is 7.44. The van der Waals surface area contributed by atoms with E-state index >= 15 is 0 Å². The first-order valence-electron chi connectivity index (χ1n) is 8.81. The molecule has 1 aromatic heterocycles. The SMILES string of the molecule is C[C@@H](c1nnc(SCC(=O)Nc2ccccc2)n1-c1ccc(F)cc1)N(C)C. The summed E-state index contributed by atoms with van der Waals surface area (Å²) < 4.78 is 15.2. The van der Waals surface area contributed by atoms with Crippen LogP contribution in [0, 0.1) is 5.82 Å². The molecule has 0 saturated carbocycles. The van der Waals surface area contributed by atoms with E-state index in [0.29, 0.717) is 5.16 Å². The summed E-state index contributed by atoms with van der Waals surface area (Å²) in [5, 5.41) is 12.0. The number of thioether (sulfide) groups is 1. The van der Waals surface area contributed by atoms with Gasteiger partial charge < -0.3 is 5.32 Å². The predicted octanol–water partition coefficient (Wildman–Crippen LogP) is 3.76. The summed E-state index contributed by atoms with van der Waals surface area (Å²) >= 11 is 1.29. The van der Waals surface area contributed by atoms with Crippen molar-refractivity contribution < 1.29 is 9.18 Å². The van der Waals surface area contributed by atoms with Gasteiger partial charge in [-0.3, -0.25) is 14.3 Å². The molecule has 3 rings (SSSR count). The number of anilines is 1. The number of carbonyl (C=O) groups excluding carboxylic acids is 1. The van der Waals surface area contributed by atoms with E-state index in [2.05, 4.69) is 15.5 Å². The van der Waals surface area contributed by atoms with Crippen LogP contribution in [0.15, 0.2) is 59.8 Å². The van der Waals surface area contributed by atoms with Gasteiger partial charge in [0.2, 0.25) is 5.91 Å². The van der Waals surface area contributed by atoms with Gasteiger partial charge in [0.25, 0.3) is 0 Å². The van der Waals surface area contributed by atoms with Crippen LogP contribution in [0.3, 0.4) is 0 Å². The van der Waals surface area contributed by atoms with Crippen LogP contribution in [0.5, 0.6) is 0 Å². The fourth-order valence-corrected chi connectivity index (χ4v) is 3.32. The lowest BCUT2D eigenvalue weighted by Gasteiger charge is -2.20. The average Bonchev–Trinajstić information content (AvgIpc) is 3.11. The minimum Gasteiger partial charge on any atom is -0.325 e. The van der Waals surface area contributed by atoms with Gasteiger partial charge in [0.15, 0.2) is 11.0 Å². The van der Waals surface area contributed by atoms with Gasteiger partial charge in [-0.05, 0) is 57.4 Å². The van der Waals surface area contributed by atoms with Gasteiger partial charge in [-0.2, -0.15) is 0 Å². The number of benzene rings is 2. The molecule has 3 aromatic rings. The number of carbonyl (C=O) groups is 1. The highest BCUT2D eigenvalue weighted by Crippen LogP contribution is 2.27. The molecule has 1 heterocycles. The topological polar surface area (TPSA) is 63.1 Å². The molecule has 0 fully saturated rings. The van der Waals surface area contributed by atoms with Gasteiger partial charge in [-0.25, -0.2) is 4.39 Å². The third kappa shape index (κ3) is 4.76. The van der Waals surface area contributed by atoms with Crippen LogP contribution in [0.25, 0.3) is 5.69 Å². The molecule has 1 atom stereocenters. The molecular formula is C20H22FN5OS. The molecule has 0 unspecified atom stereocenters. The van der Waals surface area contributed by atoms with Crippen molar-refractivity contribution in [2.24, 2.45) is 0 Å². The molecule has 8 heteroatoms. The third-order valence-electron chi connectivity index (χ3n) is 4.28. The molecule has 1 N–H and O–H groups in total. The molecule has 146 valence electrons. The van der Waals surface area contributed by atoms with E-state index in [4.69, 9.17) is 0 Å². The molecule has 0 saturated heterocycles. The highest BCUT2D eigenvalue weighted by Gasteiger charge is 2.21. The van der Waals surface area contributed by atoms with Crippen LogP contribution in [-0.2, 0) is 4.79 Å². The molecule has 2 aromatic carbocycles. The smallest absolute Gasteiger partial charge is 0.234 e. The zero-order chi connectivity index (χ0) is 20.1. The number of aromatic nitrogens is 3. The van der Waals surface area contributed by atoms with Crippen molar-refractivity contribution in [3.8, 4) is 5.69 Å². The van der Waals surface area contributed by atoms with Crippen LogP contribution >= 0.6 is 11.8 Å². The Kier molecular flexibility index (Phi) is 6.43. The summed E-state index contributed by atoms with van der Waals surface area (Å²) in [6.07, 6.45) is 0. The minimum atomic E-state index is -0.310. The number of hydrogen-bond acceptors (Lipinski definition) is 5. The Labute approximate surface area is 167 Å². The van der Waals surface area contributed by atoms with E-state index in [1.807, 2.05) is 60.8 Å². The first kappa shape index (κ1) is 20.0. The normalized spacial score (nSPS) is 12.2. The van der Waals surface area contributed by atoms with Gasteiger partial charge in [-0.15, -0.1) is 10.2 Å². The third-order valence-corrected chi connectivity index (χ3v) is 5.21. The Hall–Kier alpha value is -2.71. The largest absolute Gasteiger partial charge is 0.325 e. The van der Waals surface area contributed by atoms with Crippen LogP contribution in [-0.4, -0.2) is 45.4 Å². The van der Waals surface area contributed by atoms with Crippen molar-refractivity contribution in [2.75, 3.05) is 25.2 Å². The van der Waals surface area contributed by atoms with Gasteiger partial charge >= 0.3 is 0 Å². The van der Waals surface area contributed by atoms with Crippen molar-refractivity contribution in [1.29, 1.82) is 0 Å². The zero-order valence-corrected chi connectivity index (χ0v) is 16.8. The number of nitrogens with one attached hydrogen (secondary N) is 1. The lowest BCUT2D eigenvalue weighted by atomic mass is 10.2. The van der Waals surface area contributed by atoms with Gasteiger partial charge in [0.05, 0.1) is 11.8 Å². The molecular weight excluding hydrogens is 377 g/mol. The number of nitrogens with zero attached hydrogens (tertiary/aromatic N) is 4. The Morgan fingerprint density at radius 3 is 2.46 bits per heavy atom. The number of hydrogen-bond donors (Lipinski definition) is 1. The molecule has 6 nitrogen and oxygen atoms in total. The summed E-state index contributed by atoms with van der Waals surface area (Å²) in [4.78, 5) is 14.3. The lowest BCUT2D eigenvalue weighted by molar-refractivity contribution is -0.113. The van der Waals surface area contributed by atoms with E-state index < -0.39 is 0 Å². The summed E-state index contributed by atoms with van der Waals surface area (Å²) in [5.41, 5.74) is 1.50. The Morgan fingerprint density at radius 2 is 1.82 bits per heavy atom. The molecule has 0 aliphatic carbocycles. The number of halogens is 1. The summed E-state index contributed by atoms with van der Waals surface area (Å²) in [6, 6.07) is 15.4. The lowest BCUT2D eigenvalue weighted by Crippen LogP contribution is -2.21. The fraction of sp³-hybridized carbons (Fsp3) is 0.250. The highest BCUT2D eigenvalue weighted by atomic mass is 32.2. The Bertz CT molecular complexity index is 928. The number of amides is 1. The number of rotatable bonds is 7. The Morgan fingerprint density at radius 1 is 1.14 bits per heavy atom. The van der Waals surface area contributed by atoms with Crippen molar-refractivity contribution in [3.05, 3.63) is 66.2 Å². The molecule has 0 aliphatic heterocycles. The van der Waals surface area contributed by atoms with Crippen LogP contribution in [0.1, 0.15) is 18.8 Å². The molecule has 0 bridgehead atoms. The van der Waals surface area contributed by atoms with Crippen LogP contribution in [0.2, 0.25) is 0 Å². The molecule has 0 aliphatic rings. The highest BCUT2D eigenvalue weighted by molar-refractivity contribution is 7.99.